The van der Waals surface area contributed by atoms with Crippen molar-refractivity contribution in [1.82, 2.24) is 0 Å². The number of anilines is 1. The molecule has 0 fully saturated rings. The number of ether oxygens (including phenoxy) is 2. The molecule has 0 radical (unpaired) electrons. The predicted octanol–water partition coefficient (Wildman–Crippen LogP) is 7.32. The molecule has 4 nitrogen and oxygen atoms in total. The van der Waals surface area contributed by atoms with Crippen molar-refractivity contribution in [1.29, 1.82) is 0 Å². The van der Waals surface area contributed by atoms with Crippen molar-refractivity contribution in [2.24, 2.45) is 10.9 Å². The first-order chi connectivity index (χ1) is 16.2. The minimum absolute atomic E-state index is 0.284. The Balaban J connectivity index is 1.36. The van der Waals surface area contributed by atoms with E-state index in [0.29, 0.717) is 35.0 Å². The average Bonchev–Trinajstić information content (AvgIpc) is 3.33. The van der Waals surface area contributed by atoms with Crippen LogP contribution < -0.4 is 14.8 Å². The van der Waals surface area contributed by atoms with E-state index < -0.39 is 0 Å². The summed E-state index contributed by atoms with van der Waals surface area (Å²) in [5.74, 6) is 2.17. The van der Waals surface area contributed by atoms with Crippen LogP contribution in [0.25, 0.3) is 0 Å². The third-order valence-corrected chi connectivity index (χ3v) is 6.70. The zero-order chi connectivity index (χ0) is 22.8. The Labute approximate surface area is 199 Å². The monoisotopic (exact) mass is 458 g/mol. The predicted molar refractivity (Wildman–Crippen MR) is 136 cm³/mol. The molecule has 3 aromatic rings. The number of benzene rings is 3. The van der Waals surface area contributed by atoms with Crippen LogP contribution >= 0.6 is 11.6 Å². The van der Waals surface area contributed by atoms with Crippen LogP contribution in [-0.4, -0.2) is 19.9 Å². The van der Waals surface area contributed by atoms with E-state index in [-0.39, 0.29) is 6.04 Å². The maximum Gasteiger partial charge on any atom is 0.179 e. The fourth-order valence-corrected chi connectivity index (χ4v) is 5.21. The van der Waals surface area contributed by atoms with Crippen molar-refractivity contribution in [3.05, 3.63) is 94.5 Å². The standard InChI is InChI=1S/C28H27ClN2O2/c1-3-33-26-16-18(15-24(29)28(26)32-2)17-30-20-13-11-19(12-14-20)27-23-9-6-8-21(23)22-7-4-5-10-25(22)31-27/h4-8,10-17,21,23,27,31H,3,9H2,1-2H3/t21-,23-,27+/m1/s1. The molecule has 1 aliphatic heterocycles. The molecule has 1 N–H and O–H groups in total. The Morgan fingerprint density at radius 3 is 2.73 bits per heavy atom. The summed E-state index contributed by atoms with van der Waals surface area (Å²) in [6.07, 6.45) is 7.58. The molecule has 3 atom stereocenters. The summed E-state index contributed by atoms with van der Waals surface area (Å²) < 4.78 is 11.0. The second-order valence-electron chi connectivity index (χ2n) is 8.38. The summed E-state index contributed by atoms with van der Waals surface area (Å²) in [6, 6.07) is 21.2. The number of allylic oxidation sites excluding steroid dienone is 2. The van der Waals surface area contributed by atoms with E-state index in [4.69, 9.17) is 21.1 Å². The number of hydrogen-bond donors (Lipinski definition) is 1. The fraction of sp³-hybridized carbons (Fsp3) is 0.250. The van der Waals surface area contributed by atoms with Gasteiger partial charge in [0.25, 0.3) is 0 Å². The van der Waals surface area contributed by atoms with E-state index in [2.05, 4.69) is 71.0 Å². The largest absolute Gasteiger partial charge is 0.491 e. The van der Waals surface area contributed by atoms with E-state index >= 15 is 0 Å². The Morgan fingerprint density at radius 2 is 1.94 bits per heavy atom. The summed E-state index contributed by atoms with van der Waals surface area (Å²) in [7, 11) is 1.59. The highest BCUT2D eigenvalue weighted by Gasteiger charge is 2.37. The van der Waals surface area contributed by atoms with Gasteiger partial charge in [0.15, 0.2) is 11.5 Å². The van der Waals surface area contributed by atoms with E-state index in [0.717, 1.165) is 17.7 Å². The summed E-state index contributed by atoms with van der Waals surface area (Å²) in [5.41, 5.74) is 5.67. The lowest BCUT2D eigenvalue weighted by atomic mass is 9.77. The van der Waals surface area contributed by atoms with Crippen LogP contribution in [0.4, 0.5) is 11.4 Å². The molecule has 0 aromatic heterocycles. The fourth-order valence-electron chi connectivity index (χ4n) is 4.91. The van der Waals surface area contributed by atoms with Gasteiger partial charge in [-0.05, 0) is 66.3 Å². The summed E-state index contributed by atoms with van der Waals surface area (Å²) in [6.45, 7) is 2.46. The van der Waals surface area contributed by atoms with Gasteiger partial charge < -0.3 is 14.8 Å². The number of rotatable bonds is 6. The normalized spacial score (nSPS) is 20.9. The number of nitrogens with zero attached hydrogens (tertiary/aromatic N) is 1. The third-order valence-electron chi connectivity index (χ3n) is 6.42. The Hall–Kier alpha value is -3.24. The minimum Gasteiger partial charge on any atom is -0.491 e. The van der Waals surface area contributed by atoms with Crippen molar-refractivity contribution >= 4 is 29.2 Å². The second-order valence-corrected chi connectivity index (χ2v) is 8.79. The Kier molecular flexibility index (Phi) is 6.10. The van der Waals surface area contributed by atoms with Crippen molar-refractivity contribution in [3.63, 3.8) is 0 Å². The molecule has 2 aliphatic rings. The first-order valence-corrected chi connectivity index (χ1v) is 11.7. The highest BCUT2D eigenvalue weighted by Crippen LogP contribution is 2.49. The average molecular weight is 459 g/mol. The van der Waals surface area contributed by atoms with Gasteiger partial charge in [-0.2, -0.15) is 0 Å². The number of methoxy groups -OCH3 is 1. The lowest BCUT2D eigenvalue weighted by molar-refractivity contribution is 0.311. The summed E-state index contributed by atoms with van der Waals surface area (Å²) in [4.78, 5) is 4.65. The number of para-hydroxylation sites is 1. The Bertz CT molecular complexity index is 1200. The second kappa shape index (κ2) is 9.32. The van der Waals surface area contributed by atoms with Gasteiger partial charge in [0.2, 0.25) is 0 Å². The Morgan fingerprint density at radius 1 is 1.12 bits per heavy atom. The van der Waals surface area contributed by atoms with Gasteiger partial charge in [0.1, 0.15) is 0 Å². The smallest absolute Gasteiger partial charge is 0.179 e. The zero-order valence-electron chi connectivity index (χ0n) is 18.8. The molecule has 1 heterocycles. The molecular weight excluding hydrogens is 432 g/mol. The molecule has 168 valence electrons. The van der Waals surface area contributed by atoms with Gasteiger partial charge in [-0.15, -0.1) is 0 Å². The third kappa shape index (κ3) is 4.23. The lowest BCUT2D eigenvalue weighted by Gasteiger charge is -2.37. The molecule has 0 spiro atoms. The first-order valence-electron chi connectivity index (χ1n) is 11.3. The van der Waals surface area contributed by atoms with Crippen LogP contribution in [0, 0.1) is 5.92 Å². The van der Waals surface area contributed by atoms with E-state index in [1.165, 1.54) is 16.8 Å². The maximum absolute atomic E-state index is 6.36. The zero-order valence-corrected chi connectivity index (χ0v) is 19.5. The minimum atomic E-state index is 0.284. The van der Waals surface area contributed by atoms with E-state index in [1.54, 1.807) is 13.3 Å². The van der Waals surface area contributed by atoms with Crippen LogP contribution in [0.3, 0.4) is 0 Å². The van der Waals surface area contributed by atoms with Gasteiger partial charge in [0, 0.05) is 17.8 Å². The highest BCUT2D eigenvalue weighted by atomic mass is 35.5. The first kappa shape index (κ1) is 21.6. The lowest BCUT2D eigenvalue weighted by Crippen LogP contribution is -2.28. The van der Waals surface area contributed by atoms with Crippen molar-refractivity contribution in [2.45, 2.75) is 25.3 Å². The summed E-state index contributed by atoms with van der Waals surface area (Å²) in [5, 5.41) is 4.28. The summed E-state index contributed by atoms with van der Waals surface area (Å²) >= 11 is 6.36. The maximum atomic E-state index is 6.36. The molecule has 0 amide bonds. The van der Waals surface area contributed by atoms with E-state index in [9.17, 15) is 0 Å². The van der Waals surface area contributed by atoms with Crippen LogP contribution in [0.5, 0.6) is 11.5 Å². The molecule has 0 unspecified atom stereocenters. The van der Waals surface area contributed by atoms with Gasteiger partial charge in [-0.3, -0.25) is 4.99 Å². The molecule has 5 rings (SSSR count). The number of nitrogens with one attached hydrogen (secondary N) is 1. The van der Waals surface area contributed by atoms with Gasteiger partial charge in [0.05, 0.1) is 30.5 Å². The molecule has 3 aromatic carbocycles. The molecule has 0 saturated carbocycles. The van der Waals surface area contributed by atoms with Gasteiger partial charge >= 0.3 is 0 Å². The number of halogens is 1. The van der Waals surface area contributed by atoms with Gasteiger partial charge in [-0.25, -0.2) is 0 Å². The van der Waals surface area contributed by atoms with Crippen molar-refractivity contribution < 1.29 is 9.47 Å². The van der Waals surface area contributed by atoms with Crippen LogP contribution in [0.1, 0.15) is 42.0 Å². The molecule has 0 saturated heterocycles. The highest BCUT2D eigenvalue weighted by molar-refractivity contribution is 6.32. The molecule has 33 heavy (non-hydrogen) atoms. The van der Waals surface area contributed by atoms with E-state index in [1.807, 2.05) is 19.1 Å². The number of aliphatic imine (C=N–C) groups is 1. The van der Waals surface area contributed by atoms with Crippen molar-refractivity contribution in [2.75, 3.05) is 19.0 Å². The van der Waals surface area contributed by atoms with Crippen LogP contribution in [0.15, 0.2) is 77.8 Å². The number of fused-ring (bicyclic) bond motifs is 3. The van der Waals surface area contributed by atoms with Gasteiger partial charge in [-0.1, -0.05) is 54.1 Å². The molecular formula is C28H27ClN2O2. The molecule has 1 aliphatic carbocycles. The van der Waals surface area contributed by atoms with Crippen molar-refractivity contribution in [3.8, 4) is 11.5 Å². The topological polar surface area (TPSA) is 42.8 Å². The number of hydrogen-bond acceptors (Lipinski definition) is 4. The molecule has 5 heteroatoms. The molecule has 0 bridgehead atoms. The quantitative estimate of drug-likeness (QED) is 0.310. The van der Waals surface area contributed by atoms with Crippen LogP contribution in [-0.2, 0) is 0 Å². The SMILES string of the molecule is CCOc1cc(C=Nc2ccc([C@@H]3Nc4ccccc4[C@H]4C=CC[C@H]43)cc2)cc(Cl)c1OC. The van der Waals surface area contributed by atoms with Crippen LogP contribution in [0.2, 0.25) is 5.02 Å².